The smallest absolute Gasteiger partial charge is 0.282 e. The third-order valence-electron chi connectivity index (χ3n) is 4.74. The quantitative estimate of drug-likeness (QED) is 0.641. The highest BCUT2D eigenvalue weighted by Crippen LogP contribution is 2.26. The molecule has 2 aromatic carbocycles. The maximum absolute atomic E-state index is 12.7. The number of likely N-dealkylation sites (tertiary alicyclic amines) is 1. The van der Waals surface area contributed by atoms with Gasteiger partial charge in [0.15, 0.2) is 0 Å². The van der Waals surface area contributed by atoms with Crippen LogP contribution in [-0.4, -0.2) is 34.9 Å². The van der Waals surface area contributed by atoms with E-state index in [1.54, 1.807) is 17.0 Å². The van der Waals surface area contributed by atoms with Gasteiger partial charge in [0.05, 0.1) is 4.92 Å². The van der Waals surface area contributed by atoms with Crippen LogP contribution in [0.15, 0.2) is 42.5 Å². The van der Waals surface area contributed by atoms with Crippen molar-refractivity contribution in [1.29, 1.82) is 0 Å². The van der Waals surface area contributed by atoms with Crippen LogP contribution in [-0.2, 0) is 0 Å². The fourth-order valence-electron chi connectivity index (χ4n) is 3.19. The largest absolute Gasteiger partial charge is 0.382 e. The number of carbonyl (C=O) groups excluding carboxylic acids is 1. The van der Waals surface area contributed by atoms with Crippen LogP contribution in [0.5, 0.6) is 0 Å². The molecule has 0 unspecified atom stereocenters. The number of hydrogen-bond donors (Lipinski definition) is 1. The summed E-state index contributed by atoms with van der Waals surface area (Å²) < 4.78 is 0. The Balaban J connectivity index is 1.64. The van der Waals surface area contributed by atoms with Gasteiger partial charge in [-0.3, -0.25) is 14.9 Å². The van der Waals surface area contributed by atoms with Crippen molar-refractivity contribution in [2.24, 2.45) is 0 Å². The molecule has 136 valence electrons. The molecule has 6 nitrogen and oxygen atoms in total. The molecule has 1 aliphatic heterocycles. The molecule has 1 N–H and O–H groups in total. The van der Waals surface area contributed by atoms with Crippen molar-refractivity contribution in [3.05, 3.63) is 68.7 Å². The van der Waals surface area contributed by atoms with E-state index in [-0.39, 0.29) is 23.2 Å². The number of piperidine rings is 1. The highest BCUT2D eigenvalue weighted by Gasteiger charge is 2.28. The van der Waals surface area contributed by atoms with Gasteiger partial charge < -0.3 is 10.2 Å². The van der Waals surface area contributed by atoms with Crippen LogP contribution in [0.1, 0.15) is 28.8 Å². The zero-order chi connectivity index (χ0) is 18.7. The number of nitro benzene ring substituents is 1. The van der Waals surface area contributed by atoms with Crippen LogP contribution in [0.3, 0.4) is 0 Å². The fraction of sp³-hybridized carbons (Fsp3) is 0.316. The first-order chi connectivity index (χ1) is 12.5. The SMILES string of the molecule is Cc1c(Cl)cccc1NC1CCN(C(=O)c2ccccc2[N+](=O)[O-])CC1. The van der Waals surface area contributed by atoms with E-state index in [0.717, 1.165) is 29.1 Å². The number of amides is 1. The molecule has 0 saturated carbocycles. The number of rotatable bonds is 4. The molecule has 0 radical (unpaired) electrons. The van der Waals surface area contributed by atoms with E-state index < -0.39 is 4.92 Å². The molecule has 26 heavy (non-hydrogen) atoms. The molecule has 0 aromatic heterocycles. The Kier molecular flexibility index (Phi) is 5.42. The second-order valence-electron chi connectivity index (χ2n) is 6.40. The van der Waals surface area contributed by atoms with Crippen LogP contribution >= 0.6 is 11.6 Å². The Morgan fingerprint density at radius 1 is 1.19 bits per heavy atom. The van der Waals surface area contributed by atoms with Crippen LogP contribution in [0.4, 0.5) is 11.4 Å². The van der Waals surface area contributed by atoms with Gasteiger partial charge in [-0.2, -0.15) is 0 Å². The summed E-state index contributed by atoms with van der Waals surface area (Å²) in [5, 5.41) is 15.3. The first-order valence-electron chi connectivity index (χ1n) is 8.51. The minimum atomic E-state index is -0.510. The van der Waals surface area contributed by atoms with Crippen molar-refractivity contribution in [1.82, 2.24) is 4.90 Å². The van der Waals surface area contributed by atoms with Gasteiger partial charge in [0.25, 0.3) is 11.6 Å². The summed E-state index contributed by atoms with van der Waals surface area (Å²) in [5.74, 6) is -0.283. The second kappa shape index (κ2) is 7.74. The van der Waals surface area contributed by atoms with Gasteiger partial charge in [0, 0.05) is 35.9 Å². The Hall–Kier alpha value is -2.60. The van der Waals surface area contributed by atoms with Crippen LogP contribution in [0, 0.1) is 17.0 Å². The minimum Gasteiger partial charge on any atom is -0.382 e. The van der Waals surface area contributed by atoms with E-state index in [0.29, 0.717) is 13.1 Å². The summed E-state index contributed by atoms with van der Waals surface area (Å²) in [5.41, 5.74) is 2.01. The zero-order valence-corrected chi connectivity index (χ0v) is 15.2. The van der Waals surface area contributed by atoms with Crippen molar-refractivity contribution in [2.75, 3.05) is 18.4 Å². The number of carbonyl (C=O) groups is 1. The van der Waals surface area contributed by atoms with E-state index in [9.17, 15) is 14.9 Å². The summed E-state index contributed by atoms with van der Waals surface area (Å²) in [4.78, 5) is 25.0. The first kappa shape index (κ1) is 18.2. The van der Waals surface area contributed by atoms with Gasteiger partial charge in [-0.1, -0.05) is 29.8 Å². The van der Waals surface area contributed by atoms with Crippen molar-refractivity contribution < 1.29 is 9.72 Å². The number of nitrogens with zero attached hydrogens (tertiary/aromatic N) is 2. The second-order valence-corrected chi connectivity index (χ2v) is 6.80. The molecule has 7 heteroatoms. The summed E-state index contributed by atoms with van der Waals surface area (Å²) >= 11 is 6.16. The lowest BCUT2D eigenvalue weighted by Gasteiger charge is -2.33. The standard InChI is InChI=1S/C19H20ClN3O3/c1-13-16(20)6-4-7-17(13)21-14-9-11-22(12-10-14)19(24)15-5-2-3-8-18(15)23(25)26/h2-8,14,21H,9-12H2,1H3. The van der Waals surface area contributed by atoms with Crippen molar-refractivity contribution in [2.45, 2.75) is 25.8 Å². The Bertz CT molecular complexity index is 833. The van der Waals surface area contributed by atoms with Gasteiger partial charge >= 0.3 is 0 Å². The van der Waals surface area contributed by atoms with E-state index in [1.807, 2.05) is 25.1 Å². The molecular formula is C19H20ClN3O3. The van der Waals surface area contributed by atoms with E-state index in [4.69, 9.17) is 11.6 Å². The lowest BCUT2D eigenvalue weighted by atomic mass is 10.0. The molecule has 1 aliphatic rings. The molecule has 1 fully saturated rings. The maximum Gasteiger partial charge on any atom is 0.282 e. The number of nitrogens with one attached hydrogen (secondary N) is 1. The molecular weight excluding hydrogens is 354 g/mol. The highest BCUT2D eigenvalue weighted by atomic mass is 35.5. The topological polar surface area (TPSA) is 75.5 Å². The van der Waals surface area contributed by atoms with Gasteiger partial charge in [-0.05, 0) is 43.5 Å². The number of para-hydroxylation sites is 1. The van der Waals surface area contributed by atoms with Crippen LogP contribution in [0.25, 0.3) is 0 Å². The monoisotopic (exact) mass is 373 g/mol. The average Bonchev–Trinajstić information content (AvgIpc) is 2.65. The number of nitro groups is 1. The van der Waals surface area contributed by atoms with E-state index in [1.165, 1.54) is 12.1 Å². The molecule has 0 aliphatic carbocycles. The Morgan fingerprint density at radius 2 is 1.88 bits per heavy atom. The average molecular weight is 374 g/mol. The summed E-state index contributed by atoms with van der Waals surface area (Å²) in [7, 11) is 0. The van der Waals surface area contributed by atoms with Gasteiger partial charge in [0.1, 0.15) is 5.56 Å². The van der Waals surface area contributed by atoms with Crippen molar-refractivity contribution in [3.63, 3.8) is 0 Å². The predicted molar refractivity (Wildman–Crippen MR) is 102 cm³/mol. The van der Waals surface area contributed by atoms with Gasteiger partial charge in [0.2, 0.25) is 0 Å². The summed E-state index contributed by atoms with van der Waals surface area (Å²) in [6.07, 6.45) is 1.55. The molecule has 1 saturated heterocycles. The third kappa shape index (κ3) is 3.80. The normalized spacial score (nSPS) is 14.9. The zero-order valence-electron chi connectivity index (χ0n) is 14.4. The molecule has 1 amide bonds. The highest BCUT2D eigenvalue weighted by molar-refractivity contribution is 6.31. The van der Waals surface area contributed by atoms with Crippen LogP contribution < -0.4 is 5.32 Å². The third-order valence-corrected chi connectivity index (χ3v) is 5.15. The van der Waals surface area contributed by atoms with Crippen molar-refractivity contribution in [3.8, 4) is 0 Å². The summed E-state index contributed by atoms with van der Waals surface area (Å²) in [6, 6.07) is 12.1. The molecule has 0 bridgehead atoms. The number of halogens is 1. The molecule has 0 spiro atoms. The van der Waals surface area contributed by atoms with E-state index in [2.05, 4.69) is 5.32 Å². The van der Waals surface area contributed by atoms with Gasteiger partial charge in [-0.15, -0.1) is 0 Å². The first-order valence-corrected chi connectivity index (χ1v) is 8.89. The fourth-order valence-corrected chi connectivity index (χ4v) is 3.37. The lowest BCUT2D eigenvalue weighted by Crippen LogP contribution is -2.42. The lowest BCUT2D eigenvalue weighted by molar-refractivity contribution is -0.385. The molecule has 0 atom stereocenters. The molecule has 1 heterocycles. The van der Waals surface area contributed by atoms with E-state index >= 15 is 0 Å². The Morgan fingerprint density at radius 3 is 2.58 bits per heavy atom. The number of hydrogen-bond acceptors (Lipinski definition) is 4. The Labute approximate surface area is 156 Å². The predicted octanol–water partition coefficient (Wildman–Crippen LogP) is 4.27. The maximum atomic E-state index is 12.7. The van der Waals surface area contributed by atoms with Crippen molar-refractivity contribution >= 4 is 28.9 Å². The summed E-state index contributed by atoms with van der Waals surface area (Å²) in [6.45, 7) is 3.09. The minimum absolute atomic E-state index is 0.146. The number of benzene rings is 2. The van der Waals surface area contributed by atoms with Crippen LogP contribution in [0.2, 0.25) is 5.02 Å². The van der Waals surface area contributed by atoms with Gasteiger partial charge in [-0.25, -0.2) is 0 Å². The molecule has 2 aromatic rings. The number of anilines is 1. The molecule has 3 rings (SSSR count).